The Morgan fingerprint density at radius 3 is 3.00 bits per heavy atom. The molecule has 0 atom stereocenters. The normalized spacial score (nSPS) is 10.3. The van der Waals surface area contributed by atoms with Gasteiger partial charge in [-0.15, -0.1) is 0 Å². The van der Waals surface area contributed by atoms with Crippen molar-refractivity contribution in [3.05, 3.63) is 47.8 Å². The number of hydrogen-bond acceptors (Lipinski definition) is 4. The second-order valence-corrected chi connectivity index (χ2v) is 3.92. The Balaban J connectivity index is 1.93. The molecule has 5 heteroatoms. The second kappa shape index (κ2) is 5.35. The van der Waals surface area contributed by atoms with Crippen LogP contribution in [-0.2, 0) is 11.3 Å². The van der Waals surface area contributed by atoms with E-state index in [0.29, 0.717) is 17.8 Å². The molecule has 0 aliphatic carbocycles. The monoisotopic (exact) mass is 245 g/mol. The predicted octanol–water partition coefficient (Wildman–Crippen LogP) is 1.63. The van der Waals surface area contributed by atoms with Crippen molar-refractivity contribution in [1.29, 1.82) is 0 Å². The van der Waals surface area contributed by atoms with Gasteiger partial charge in [0.1, 0.15) is 6.61 Å². The van der Waals surface area contributed by atoms with Crippen molar-refractivity contribution < 1.29 is 9.53 Å². The molecule has 0 unspecified atom stereocenters. The molecular formula is C13H15N3O2. The maximum atomic E-state index is 11.8. The van der Waals surface area contributed by atoms with Crippen molar-refractivity contribution in [3.63, 3.8) is 0 Å². The molecule has 94 valence electrons. The zero-order valence-corrected chi connectivity index (χ0v) is 10.2. The van der Waals surface area contributed by atoms with Crippen LogP contribution in [0.25, 0.3) is 0 Å². The van der Waals surface area contributed by atoms with Gasteiger partial charge in [-0.05, 0) is 30.7 Å². The molecule has 0 radical (unpaired) electrons. The lowest BCUT2D eigenvalue weighted by molar-refractivity contribution is 0.0487. The quantitative estimate of drug-likeness (QED) is 0.656. The van der Waals surface area contributed by atoms with E-state index in [4.69, 9.17) is 10.5 Å². The van der Waals surface area contributed by atoms with Crippen molar-refractivity contribution in [2.75, 3.05) is 12.3 Å². The molecule has 1 aromatic heterocycles. The van der Waals surface area contributed by atoms with Crippen LogP contribution in [0.3, 0.4) is 0 Å². The van der Waals surface area contributed by atoms with Crippen LogP contribution in [0.2, 0.25) is 0 Å². The van der Waals surface area contributed by atoms with Crippen molar-refractivity contribution in [1.82, 2.24) is 9.78 Å². The minimum Gasteiger partial charge on any atom is -0.460 e. The minimum absolute atomic E-state index is 0.286. The van der Waals surface area contributed by atoms with E-state index >= 15 is 0 Å². The van der Waals surface area contributed by atoms with E-state index in [1.165, 1.54) is 0 Å². The molecule has 0 bridgehead atoms. The summed E-state index contributed by atoms with van der Waals surface area (Å²) in [4.78, 5) is 11.8. The van der Waals surface area contributed by atoms with Gasteiger partial charge in [0.2, 0.25) is 0 Å². The molecule has 0 fully saturated rings. The Kier molecular flexibility index (Phi) is 3.62. The standard InChI is InChI=1S/C13H15N3O2/c1-10-11(4-2-5-12(10)14)13(17)18-9-8-16-7-3-6-15-16/h2-7H,8-9,14H2,1H3. The van der Waals surface area contributed by atoms with Crippen LogP contribution in [0.1, 0.15) is 15.9 Å². The number of hydrogen-bond donors (Lipinski definition) is 1. The lowest BCUT2D eigenvalue weighted by Crippen LogP contribution is -2.13. The first-order valence-electron chi connectivity index (χ1n) is 5.68. The number of nitrogens with zero attached hydrogens (tertiary/aromatic N) is 2. The number of benzene rings is 1. The van der Waals surface area contributed by atoms with Gasteiger partial charge in [0.05, 0.1) is 12.1 Å². The Labute approximate surface area is 105 Å². The minimum atomic E-state index is -0.355. The average Bonchev–Trinajstić information content (AvgIpc) is 2.85. The fraction of sp³-hybridized carbons (Fsp3) is 0.231. The van der Waals surface area contributed by atoms with E-state index in [1.807, 2.05) is 12.3 Å². The van der Waals surface area contributed by atoms with E-state index in [1.54, 1.807) is 36.0 Å². The first-order valence-corrected chi connectivity index (χ1v) is 5.68. The summed E-state index contributed by atoms with van der Waals surface area (Å²) in [6.45, 7) is 2.63. The maximum absolute atomic E-state index is 11.8. The maximum Gasteiger partial charge on any atom is 0.338 e. The van der Waals surface area contributed by atoms with Crippen LogP contribution in [-0.4, -0.2) is 22.4 Å². The predicted molar refractivity (Wildman–Crippen MR) is 68.1 cm³/mol. The smallest absolute Gasteiger partial charge is 0.338 e. The van der Waals surface area contributed by atoms with Crippen LogP contribution in [0.4, 0.5) is 5.69 Å². The van der Waals surface area contributed by atoms with E-state index in [2.05, 4.69) is 5.10 Å². The number of carbonyl (C=O) groups excluding carboxylic acids is 1. The van der Waals surface area contributed by atoms with Gasteiger partial charge in [0.25, 0.3) is 0 Å². The average molecular weight is 245 g/mol. The Morgan fingerprint density at radius 2 is 2.28 bits per heavy atom. The Morgan fingerprint density at radius 1 is 1.44 bits per heavy atom. The van der Waals surface area contributed by atoms with Crippen molar-refractivity contribution in [2.24, 2.45) is 0 Å². The fourth-order valence-corrected chi connectivity index (χ4v) is 1.62. The highest BCUT2D eigenvalue weighted by atomic mass is 16.5. The molecule has 0 amide bonds. The number of aromatic nitrogens is 2. The third-order valence-electron chi connectivity index (χ3n) is 2.71. The number of rotatable bonds is 4. The summed E-state index contributed by atoms with van der Waals surface area (Å²) in [5, 5.41) is 4.02. The largest absolute Gasteiger partial charge is 0.460 e. The lowest BCUT2D eigenvalue weighted by Gasteiger charge is -2.08. The van der Waals surface area contributed by atoms with Gasteiger partial charge in [-0.3, -0.25) is 4.68 Å². The van der Waals surface area contributed by atoms with E-state index in [9.17, 15) is 4.79 Å². The van der Waals surface area contributed by atoms with Crippen LogP contribution < -0.4 is 5.73 Å². The molecule has 0 aliphatic heterocycles. The zero-order chi connectivity index (χ0) is 13.0. The molecule has 0 saturated heterocycles. The molecule has 0 spiro atoms. The number of ether oxygens (including phenoxy) is 1. The number of nitrogens with two attached hydrogens (primary N) is 1. The van der Waals surface area contributed by atoms with Crippen molar-refractivity contribution in [3.8, 4) is 0 Å². The number of carbonyl (C=O) groups is 1. The summed E-state index contributed by atoms with van der Waals surface area (Å²) in [5.41, 5.74) is 7.60. The number of anilines is 1. The zero-order valence-electron chi connectivity index (χ0n) is 10.2. The van der Waals surface area contributed by atoms with Crippen LogP contribution in [0.5, 0.6) is 0 Å². The Bertz CT molecular complexity index is 535. The molecular weight excluding hydrogens is 230 g/mol. The lowest BCUT2D eigenvalue weighted by atomic mass is 10.1. The molecule has 0 saturated carbocycles. The van der Waals surface area contributed by atoms with Crippen molar-refractivity contribution in [2.45, 2.75) is 13.5 Å². The molecule has 2 rings (SSSR count). The van der Waals surface area contributed by atoms with Gasteiger partial charge in [0, 0.05) is 18.1 Å². The highest BCUT2D eigenvalue weighted by Gasteiger charge is 2.11. The first kappa shape index (κ1) is 12.2. The van der Waals surface area contributed by atoms with E-state index in [0.717, 1.165) is 5.56 Å². The highest BCUT2D eigenvalue weighted by molar-refractivity contribution is 5.92. The SMILES string of the molecule is Cc1c(N)cccc1C(=O)OCCn1cccn1. The summed E-state index contributed by atoms with van der Waals surface area (Å²) in [5.74, 6) is -0.355. The summed E-state index contributed by atoms with van der Waals surface area (Å²) in [6, 6.07) is 7.04. The van der Waals surface area contributed by atoms with Gasteiger partial charge >= 0.3 is 5.97 Å². The van der Waals surface area contributed by atoms with Crippen LogP contribution in [0.15, 0.2) is 36.7 Å². The van der Waals surface area contributed by atoms with Gasteiger partial charge in [-0.1, -0.05) is 6.07 Å². The van der Waals surface area contributed by atoms with Gasteiger partial charge in [-0.25, -0.2) is 4.79 Å². The molecule has 18 heavy (non-hydrogen) atoms. The van der Waals surface area contributed by atoms with Gasteiger partial charge in [0.15, 0.2) is 0 Å². The third kappa shape index (κ3) is 2.68. The van der Waals surface area contributed by atoms with Gasteiger partial charge in [-0.2, -0.15) is 5.10 Å². The van der Waals surface area contributed by atoms with Crippen LogP contribution in [0, 0.1) is 6.92 Å². The van der Waals surface area contributed by atoms with E-state index < -0.39 is 0 Å². The molecule has 0 aliphatic rings. The summed E-state index contributed by atoms with van der Waals surface area (Å²) >= 11 is 0. The van der Waals surface area contributed by atoms with Crippen LogP contribution >= 0.6 is 0 Å². The molecule has 2 N–H and O–H groups in total. The molecule has 1 heterocycles. The van der Waals surface area contributed by atoms with Gasteiger partial charge < -0.3 is 10.5 Å². The topological polar surface area (TPSA) is 70.1 Å². The van der Waals surface area contributed by atoms with E-state index in [-0.39, 0.29) is 12.6 Å². The molecule has 1 aromatic carbocycles. The molecule has 2 aromatic rings. The summed E-state index contributed by atoms with van der Waals surface area (Å²) < 4.78 is 6.89. The second-order valence-electron chi connectivity index (χ2n) is 3.92. The molecule has 5 nitrogen and oxygen atoms in total. The van der Waals surface area contributed by atoms with Crippen molar-refractivity contribution >= 4 is 11.7 Å². The highest BCUT2D eigenvalue weighted by Crippen LogP contribution is 2.16. The number of nitrogen functional groups attached to an aromatic ring is 1. The Hall–Kier alpha value is -2.30. The number of esters is 1. The summed E-state index contributed by atoms with van der Waals surface area (Å²) in [6.07, 6.45) is 3.50. The summed E-state index contributed by atoms with van der Waals surface area (Å²) in [7, 11) is 0. The fourth-order valence-electron chi connectivity index (χ4n) is 1.62. The first-order chi connectivity index (χ1) is 8.68. The third-order valence-corrected chi connectivity index (χ3v) is 2.71.